The number of methoxy groups -OCH3 is 1. The predicted octanol–water partition coefficient (Wildman–Crippen LogP) is 2.25. The van der Waals surface area contributed by atoms with Crippen molar-refractivity contribution in [3.8, 4) is 11.5 Å². The van der Waals surface area contributed by atoms with E-state index in [0.29, 0.717) is 12.0 Å². The number of ketones is 1. The number of furan rings is 1. The van der Waals surface area contributed by atoms with Gasteiger partial charge in [-0.25, -0.2) is 4.79 Å². The molecule has 1 aliphatic rings. The summed E-state index contributed by atoms with van der Waals surface area (Å²) in [6, 6.07) is 10.3. The molecule has 5 atom stereocenters. The zero-order valence-corrected chi connectivity index (χ0v) is 22.0. The van der Waals surface area contributed by atoms with E-state index in [2.05, 4.69) is 0 Å². The van der Waals surface area contributed by atoms with Crippen molar-refractivity contribution < 1.29 is 58.1 Å². The largest absolute Gasteiger partial charge is 0.508 e. The molecule has 4 rings (SSSR count). The number of aliphatic hydroxyl groups excluding tert-OH is 3. The van der Waals surface area contributed by atoms with Gasteiger partial charge in [-0.15, -0.1) is 0 Å². The second-order valence-corrected chi connectivity index (χ2v) is 9.41. The highest BCUT2D eigenvalue weighted by Crippen LogP contribution is 2.34. The van der Waals surface area contributed by atoms with Crippen LogP contribution < -0.4 is 4.74 Å². The summed E-state index contributed by atoms with van der Waals surface area (Å²) >= 11 is 0. The van der Waals surface area contributed by atoms with Gasteiger partial charge >= 0.3 is 6.16 Å². The predicted molar refractivity (Wildman–Crippen MR) is 138 cm³/mol. The fraction of sp³-hybridized carbons (Fsp3) is 0.429. The molecule has 0 bridgehead atoms. The highest BCUT2D eigenvalue weighted by atomic mass is 16.7. The van der Waals surface area contributed by atoms with Gasteiger partial charge in [0.1, 0.15) is 60.3 Å². The van der Waals surface area contributed by atoms with Crippen LogP contribution in [0, 0.1) is 6.92 Å². The molecule has 4 N–H and O–H groups in total. The third-order valence-electron chi connectivity index (χ3n) is 6.45. The van der Waals surface area contributed by atoms with Gasteiger partial charge in [0.2, 0.25) is 6.29 Å². The summed E-state index contributed by atoms with van der Waals surface area (Å²) in [6.07, 6.45) is -7.01. The molecule has 12 heteroatoms. The van der Waals surface area contributed by atoms with Gasteiger partial charge in [-0.3, -0.25) is 4.79 Å². The summed E-state index contributed by atoms with van der Waals surface area (Å²) in [7, 11) is 1.43. The van der Waals surface area contributed by atoms with E-state index in [4.69, 9.17) is 28.1 Å². The van der Waals surface area contributed by atoms with E-state index in [-0.39, 0.29) is 36.7 Å². The van der Waals surface area contributed by atoms with Gasteiger partial charge in [0.05, 0.1) is 12.9 Å². The Balaban J connectivity index is 1.46. The average Bonchev–Trinajstić information content (AvgIpc) is 3.39. The lowest BCUT2D eigenvalue weighted by Crippen LogP contribution is -2.60. The molecule has 0 spiro atoms. The molecule has 2 heterocycles. The molecule has 0 aliphatic carbocycles. The van der Waals surface area contributed by atoms with Crippen LogP contribution in [0.2, 0.25) is 0 Å². The first kappa shape index (κ1) is 29.3. The number of carbonyl (C=O) groups excluding carboxylic acids is 2. The number of phenolic OH excluding ortho intramolecular Hbond substituents is 1. The minimum absolute atomic E-state index is 0.0351. The minimum Gasteiger partial charge on any atom is -0.507 e. The number of ether oxygens (including phenoxy) is 5. The van der Waals surface area contributed by atoms with Gasteiger partial charge in [0, 0.05) is 18.9 Å². The maximum Gasteiger partial charge on any atom is 0.508 e. The molecule has 1 aliphatic heterocycles. The lowest BCUT2D eigenvalue weighted by Gasteiger charge is -2.40. The molecule has 1 fully saturated rings. The smallest absolute Gasteiger partial charge is 0.507 e. The van der Waals surface area contributed by atoms with Crippen LogP contribution in [0.1, 0.15) is 27.9 Å². The Morgan fingerprint density at radius 1 is 0.975 bits per heavy atom. The van der Waals surface area contributed by atoms with E-state index >= 15 is 0 Å². The third kappa shape index (κ3) is 6.90. The number of fused-ring (bicyclic) bond motifs is 1. The number of carbonyl (C=O) groups is 2. The number of Topliss-reactive ketones (excluding diaryl/α,β-unsaturated/α-hetero) is 1. The maximum absolute atomic E-state index is 13.2. The SMILES string of the molecule is COCCOC(=O)OCC1OC(Oc2cc(C)cc(O)c2C(=O)CCc2ccc3occc3c2)C(O)C(O)C1O. The second-order valence-electron chi connectivity index (χ2n) is 9.41. The van der Waals surface area contributed by atoms with Gasteiger partial charge in [0.15, 0.2) is 5.78 Å². The molecule has 3 aromatic rings. The number of aryl methyl sites for hydroxylation is 2. The summed E-state index contributed by atoms with van der Waals surface area (Å²) < 4.78 is 31.2. The van der Waals surface area contributed by atoms with E-state index in [0.717, 1.165) is 16.5 Å². The van der Waals surface area contributed by atoms with Crippen molar-refractivity contribution >= 4 is 22.9 Å². The zero-order chi connectivity index (χ0) is 28.8. The molecular weight excluding hydrogens is 528 g/mol. The van der Waals surface area contributed by atoms with E-state index in [9.17, 15) is 30.0 Å². The normalized spacial score (nSPS) is 22.7. The van der Waals surface area contributed by atoms with Crippen molar-refractivity contribution in [2.75, 3.05) is 26.9 Å². The molecular formula is C28H32O12. The molecule has 0 amide bonds. The fourth-order valence-electron chi connectivity index (χ4n) is 4.34. The van der Waals surface area contributed by atoms with Crippen LogP contribution in [0.15, 0.2) is 47.1 Å². The molecule has 5 unspecified atom stereocenters. The first-order valence-corrected chi connectivity index (χ1v) is 12.7. The van der Waals surface area contributed by atoms with Gasteiger partial charge in [0.25, 0.3) is 0 Å². The van der Waals surface area contributed by atoms with Crippen molar-refractivity contribution in [2.45, 2.75) is 50.5 Å². The standard InChI is InChI=1S/C28H32O12/c1-15-11-19(30)23(18(29)5-3-16-4-6-20-17(13-16)7-8-36-20)21(12-15)39-27-26(33)25(32)24(31)22(40-27)14-38-28(34)37-10-9-35-2/h4,6-8,11-13,22,24-27,30-33H,3,5,9-10,14H2,1-2H3. The summed E-state index contributed by atoms with van der Waals surface area (Å²) in [5, 5.41) is 42.8. The molecule has 12 nitrogen and oxygen atoms in total. The highest BCUT2D eigenvalue weighted by molar-refractivity contribution is 6.01. The fourth-order valence-corrected chi connectivity index (χ4v) is 4.34. The van der Waals surface area contributed by atoms with Gasteiger partial charge in [-0.2, -0.15) is 0 Å². The molecule has 216 valence electrons. The number of phenols is 1. The van der Waals surface area contributed by atoms with Gasteiger partial charge in [-0.1, -0.05) is 6.07 Å². The van der Waals surface area contributed by atoms with Crippen molar-refractivity contribution in [2.24, 2.45) is 0 Å². The summed E-state index contributed by atoms with van der Waals surface area (Å²) in [4.78, 5) is 25.0. The molecule has 0 saturated carbocycles. The van der Waals surface area contributed by atoms with Crippen LogP contribution in [0.4, 0.5) is 4.79 Å². The van der Waals surface area contributed by atoms with E-state index in [1.54, 1.807) is 13.2 Å². The van der Waals surface area contributed by atoms with Crippen LogP contribution in [0.25, 0.3) is 11.0 Å². The summed E-state index contributed by atoms with van der Waals surface area (Å²) in [5.74, 6) is -0.835. The summed E-state index contributed by atoms with van der Waals surface area (Å²) in [6.45, 7) is 1.25. The Morgan fingerprint density at radius 2 is 1.77 bits per heavy atom. The first-order chi connectivity index (χ1) is 19.2. The van der Waals surface area contributed by atoms with E-state index < -0.39 is 49.3 Å². The Bertz CT molecular complexity index is 1320. The monoisotopic (exact) mass is 560 g/mol. The number of aromatic hydroxyl groups is 1. The first-order valence-electron chi connectivity index (χ1n) is 12.7. The molecule has 2 aromatic carbocycles. The Kier molecular flexibility index (Phi) is 9.61. The number of hydrogen-bond acceptors (Lipinski definition) is 12. The van der Waals surface area contributed by atoms with Crippen molar-refractivity contribution in [3.05, 3.63) is 59.4 Å². The van der Waals surface area contributed by atoms with Gasteiger partial charge < -0.3 is 48.5 Å². The number of benzene rings is 2. The van der Waals surface area contributed by atoms with E-state index in [1.165, 1.54) is 19.2 Å². The van der Waals surface area contributed by atoms with Crippen LogP contribution in [-0.2, 0) is 25.4 Å². The van der Waals surface area contributed by atoms with Gasteiger partial charge in [-0.05, 0) is 54.8 Å². The lowest BCUT2D eigenvalue weighted by molar-refractivity contribution is -0.277. The Hall–Kier alpha value is -3.68. The minimum atomic E-state index is -1.73. The zero-order valence-electron chi connectivity index (χ0n) is 22.0. The van der Waals surface area contributed by atoms with Crippen LogP contribution in [0.3, 0.4) is 0 Å². The summed E-state index contributed by atoms with van der Waals surface area (Å²) in [5.41, 5.74) is 2.05. The Morgan fingerprint density at radius 3 is 2.55 bits per heavy atom. The molecule has 40 heavy (non-hydrogen) atoms. The maximum atomic E-state index is 13.2. The average molecular weight is 561 g/mol. The molecule has 1 saturated heterocycles. The molecule has 1 aromatic heterocycles. The van der Waals surface area contributed by atoms with Crippen molar-refractivity contribution in [1.29, 1.82) is 0 Å². The number of hydrogen-bond donors (Lipinski definition) is 4. The second kappa shape index (κ2) is 13.1. The number of aliphatic hydroxyl groups is 3. The topological polar surface area (TPSA) is 174 Å². The third-order valence-corrected chi connectivity index (χ3v) is 6.45. The van der Waals surface area contributed by atoms with Crippen LogP contribution in [0.5, 0.6) is 11.5 Å². The molecule has 0 radical (unpaired) electrons. The van der Waals surface area contributed by atoms with Crippen LogP contribution >= 0.6 is 0 Å². The van der Waals surface area contributed by atoms with Crippen LogP contribution in [-0.4, -0.2) is 90.0 Å². The van der Waals surface area contributed by atoms with E-state index in [1.807, 2.05) is 24.3 Å². The Labute approximate surface area is 229 Å². The van der Waals surface area contributed by atoms with Crippen molar-refractivity contribution in [1.82, 2.24) is 0 Å². The van der Waals surface area contributed by atoms with Crippen molar-refractivity contribution in [3.63, 3.8) is 0 Å². The quantitative estimate of drug-likeness (QED) is 0.153. The highest BCUT2D eigenvalue weighted by Gasteiger charge is 2.46. The lowest BCUT2D eigenvalue weighted by atomic mass is 9.98. The number of rotatable bonds is 11.